The molecule has 2 aliphatic rings. The third kappa shape index (κ3) is 5.30. The molecule has 12 rings (SSSR count). The summed E-state index contributed by atoms with van der Waals surface area (Å²) in [4.78, 5) is 0. The Morgan fingerprint density at radius 1 is 0.475 bits per heavy atom. The molecule has 0 aliphatic heterocycles. The SMILES string of the molecule is CC1(C)c2ccccc2-c2ccc(-c3ccc4sc5c(cc(-c6ccc(-c7ccccc7)cc6)c6c5c5ccc(-c7ccccc7)cc5n6C5=CCCC=C5)c4c3)cc21. The van der Waals surface area contributed by atoms with Crippen molar-refractivity contribution in [1.82, 2.24) is 4.57 Å². The third-order valence-electron chi connectivity index (χ3n) is 13.0. The molecule has 0 amide bonds. The normalized spacial score (nSPS) is 14.3. The van der Waals surface area contributed by atoms with Crippen molar-refractivity contribution in [2.24, 2.45) is 0 Å². The number of rotatable bonds is 5. The molecule has 2 heterocycles. The predicted molar refractivity (Wildman–Crippen MR) is 254 cm³/mol. The average Bonchev–Trinajstić information content (AvgIpc) is 3.92. The van der Waals surface area contributed by atoms with Crippen molar-refractivity contribution in [2.75, 3.05) is 0 Å². The molecule has 1 nitrogen and oxygen atoms in total. The van der Waals surface area contributed by atoms with Gasteiger partial charge in [-0.15, -0.1) is 11.3 Å². The van der Waals surface area contributed by atoms with Crippen molar-refractivity contribution in [3.8, 4) is 55.6 Å². The number of allylic oxidation sites excluding steroid dienone is 4. The van der Waals surface area contributed by atoms with Crippen LogP contribution in [0.2, 0.25) is 0 Å². The molecule has 59 heavy (non-hydrogen) atoms. The lowest BCUT2D eigenvalue weighted by molar-refractivity contribution is 0.660. The van der Waals surface area contributed by atoms with Gasteiger partial charge in [-0.25, -0.2) is 0 Å². The predicted octanol–water partition coefficient (Wildman–Crippen LogP) is 16.3. The van der Waals surface area contributed by atoms with E-state index in [1.807, 2.05) is 11.3 Å². The monoisotopic (exact) mass is 771 g/mol. The van der Waals surface area contributed by atoms with Gasteiger partial charge in [-0.1, -0.05) is 166 Å². The fourth-order valence-corrected chi connectivity index (χ4v) is 11.3. The third-order valence-corrected chi connectivity index (χ3v) is 14.2. The zero-order valence-corrected chi connectivity index (χ0v) is 34.0. The molecule has 8 aromatic carbocycles. The fraction of sp³-hybridized carbons (Fsp3) is 0.0877. The quantitative estimate of drug-likeness (QED) is 0.164. The van der Waals surface area contributed by atoms with Crippen molar-refractivity contribution in [1.29, 1.82) is 0 Å². The van der Waals surface area contributed by atoms with Crippen LogP contribution in [0.4, 0.5) is 0 Å². The van der Waals surface area contributed by atoms with E-state index in [1.54, 1.807) is 0 Å². The Morgan fingerprint density at radius 2 is 1.10 bits per heavy atom. The van der Waals surface area contributed by atoms with Crippen LogP contribution >= 0.6 is 11.3 Å². The number of benzene rings is 8. The summed E-state index contributed by atoms with van der Waals surface area (Å²) in [7, 11) is 0. The highest BCUT2D eigenvalue weighted by atomic mass is 32.1. The summed E-state index contributed by atoms with van der Waals surface area (Å²) in [6, 6.07) is 63.6. The van der Waals surface area contributed by atoms with E-state index in [0.29, 0.717) is 0 Å². The number of aromatic nitrogens is 1. The van der Waals surface area contributed by atoms with E-state index in [1.165, 1.54) is 114 Å². The topological polar surface area (TPSA) is 4.93 Å². The Labute approximate surface area is 348 Å². The Balaban J connectivity index is 1.13. The second kappa shape index (κ2) is 13.1. The van der Waals surface area contributed by atoms with Crippen molar-refractivity contribution < 1.29 is 0 Å². The molecule has 280 valence electrons. The average molecular weight is 772 g/mol. The van der Waals surface area contributed by atoms with E-state index in [2.05, 4.69) is 207 Å². The Kier molecular flexibility index (Phi) is 7.64. The summed E-state index contributed by atoms with van der Waals surface area (Å²) in [6.07, 6.45) is 9.19. The first-order valence-corrected chi connectivity index (χ1v) is 21.6. The van der Waals surface area contributed by atoms with Gasteiger partial charge in [0.1, 0.15) is 0 Å². The summed E-state index contributed by atoms with van der Waals surface area (Å²) in [5.74, 6) is 0. The van der Waals surface area contributed by atoms with E-state index in [0.717, 1.165) is 12.8 Å². The summed E-state index contributed by atoms with van der Waals surface area (Å²) >= 11 is 1.93. The number of thiophene rings is 1. The van der Waals surface area contributed by atoms with Gasteiger partial charge >= 0.3 is 0 Å². The molecular formula is C57H41NS. The molecule has 0 unspecified atom stereocenters. The first kappa shape index (κ1) is 34.3. The molecule has 0 atom stereocenters. The maximum atomic E-state index is 2.56. The largest absolute Gasteiger partial charge is 0.309 e. The van der Waals surface area contributed by atoms with E-state index in [-0.39, 0.29) is 5.41 Å². The maximum absolute atomic E-state index is 2.56. The summed E-state index contributed by atoms with van der Waals surface area (Å²) in [6.45, 7) is 4.74. The molecule has 0 saturated carbocycles. The van der Waals surface area contributed by atoms with E-state index < -0.39 is 0 Å². The van der Waals surface area contributed by atoms with Crippen LogP contribution in [0.3, 0.4) is 0 Å². The molecular weight excluding hydrogens is 731 g/mol. The molecule has 0 bridgehead atoms. The summed E-state index contributed by atoms with van der Waals surface area (Å²) in [5, 5.41) is 5.25. The molecule has 0 radical (unpaired) electrons. The summed E-state index contributed by atoms with van der Waals surface area (Å²) < 4.78 is 5.22. The molecule has 0 spiro atoms. The standard InChI is InChI=1S/C57H41NS/c1-57(2)50-21-13-12-20-44(50)45-29-26-41(33-51(45)57)40-28-31-53-48(32-40)49-35-47(39-24-22-38(23-25-39)36-14-6-3-7-15-36)55-54(56(49)59-53)46-30-27-42(37-16-8-4-9-17-37)34-52(46)58(55)43-18-10-5-11-19-43/h3-4,6-10,12-35H,5,11H2,1-2H3. The molecule has 0 fully saturated rings. The Hall–Kier alpha value is -6.74. The highest BCUT2D eigenvalue weighted by molar-refractivity contribution is 7.26. The molecule has 0 saturated heterocycles. The van der Waals surface area contributed by atoms with Crippen LogP contribution in [-0.4, -0.2) is 4.57 Å². The van der Waals surface area contributed by atoms with Gasteiger partial charge in [0.15, 0.2) is 0 Å². The smallest absolute Gasteiger partial charge is 0.0634 e. The Bertz CT molecular complexity index is 3370. The van der Waals surface area contributed by atoms with Crippen molar-refractivity contribution in [2.45, 2.75) is 32.1 Å². The van der Waals surface area contributed by atoms with Crippen molar-refractivity contribution in [3.63, 3.8) is 0 Å². The number of fused-ring (bicyclic) bond motifs is 10. The van der Waals surface area contributed by atoms with Crippen molar-refractivity contribution >= 4 is 59.0 Å². The Morgan fingerprint density at radius 3 is 1.88 bits per heavy atom. The number of hydrogen-bond donors (Lipinski definition) is 0. The zero-order valence-electron chi connectivity index (χ0n) is 33.2. The van der Waals surface area contributed by atoms with Crippen LogP contribution in [0.15, 0.2) is 188 Å². The van der Waals surface area contributed by atoms with Gasteiger partial charge in [-0.2, -0.15) is 0 Å². The van der Waals surface area contributed by atoms with Gasteiger partial charge in [0, 0.05) is 47.6 Å². The second-order valence-corrected chi connectivity index (χ2v) is 17.8. The van der Waals surface area contributed by atoms with Gasteiger partial charge in [0.2, 0.25) is 0 Å². The second-order valence-electron chi connectivity index (χ2n) is 16.8. The van der Waals surface area contributed by atoms with Crippen LogP contribution in [0.1, 0.15) is 37.8 Å². The first-order chi connectivity index (χ1) is 29.0. The number of hydrogen-bond acceptors (Lipinski definition) is 1. The van der Waals surface area contributed by atoms with Crippen LogP contribution in [0.5, 0.6) is 0 Å². The van der Waals surface area contributed by atoms with Crippen LogP contribution in [-0.2, 0) is 5.41 Å². The lowest BCUT2D eigenvalue weighted by Crippen LogP contribution is -2.14. The van der Waals surface area contributed by atoms with Crippen LogP contribution in [0, 0.1) is 0 Å². The van der Waals surface area contributed by atoms with Gasteiger partial charge in [-0.05, 0) is 110 Å². The van der Waals surface area contributed by atoms with E-state index >= 15 is 0 Å². The zero-order chi connectivity index (χ0) is 39.2. The molecule has 2 aliphatic carbocycles. The summed E-state index contributed by atoms with van der Waals surface area (Å²) in [5.41, 5.74) is 19.2. The fourth-order valence-electron chi connectivity index (χ4n) is 10.0. The maximum Gasteiger partial charge on any atom is 0.0634 e. The van der Waals surface area contributed by atoms with Gasteiger partial charge in [0.05, 0.1) is 11.0 Å². The van der Waals surface area contributed by atoms with Gasteiger partial charge in [-0.3, -0.25) is 0 Å². The van der Waals surface area contributed by atoms with E-state index in [4.69, 9.17) is 0 Å². The molecule has 2 aromatic heterocycles. The van der Waals surface area contributed by atoms with Crippen LogP contribution in [0.25, 0.3) is 103 Å². The van der Waals surface area contributed by atoms with Gasteiger partial charge in [0.25, 0.3) is 0 Å². The molecule has 10 aromatic rings. The minimum Gasteiger partial charge on any atom is -0.309 e. The van der Waals surface area contributed by atoms with Crippen molar-refractivity contribution in [3.05, 3.63) is 199 Å². The lowest BCUT2D eigenvalue weighted by atomic mass is 9.81. The highest BCUT2D eigenvalue weighted by Crippen LogP contribution is 2.51. The lowest BCUT2D eigenvalue weighted by Gasteiger charge is -2.22. The minimum absolute atomic E-state index is 0.0464. The molecule has 0 N–H and O–H groups in total. The minimum atomic E-state index is -0.0464. The first-order valence-electron chi connectivity index (χ1n) is 20.8. The van der Waals surface area contributed by atoms with Crippen LogP contribution < -0.4 is 0 Å². The number of nitrogens with zero attached hydrogens (tertiary/aromatic N) is 1. The van der Waals surface area contributed by atoms with E-state index in [9.17, 15) is 0 Å². The van der Waals surface area contributed by atoms with Gasteiger partial charge < -0.3 is 4.57 Å². The molecule has 2 heteroatoms. The highest BCUT2D eigenvalue weighted by Gasteiger charge is 2.35.